The number of thioether (sulfide) groups is 1. The average Bonchev–Trinajstić information content (AvgIpc) is 2.50. The fourth-order valence-corrected chi connectivity index (χ4v) is 3.80. The second-order valence-corrected chi connectivity index (χ2v) is 7.42. The highest BCUT2D eigenvalue weighted by Gasteiger charge is 2.37. The van der Waals surface area contributed by atoms with Gasteiger partial charge in [-0.1, -0.05) is 30.3 Å². The van der Waals surface area contributed by atoms with Crippen molar-refractivity contribution in [1.82, 2.24) is 10.2 Å². The monoisotopic (exact) mass is 320 g/mol. The number of amides is 1. The quantitative estimate of drug-likeness (QED) is 0.874. The molecule has 1 aliphatic rings. The third-order valence-corrected chi connectivity index (χ3v) is 5.43. The molecule has 122 valence electrons. The molecule has 0 spiro atoms. The highest BCUT2D eigenvalue weighted by atomic mass is 32.2. The van der Waals surface area contributed by atoms with Crippen LogP contribution in [-0.4, -0.2) is 48.5 Å². The van der Waals surface area contributed by atoms with Crippen LogP contribution in [0.25, 0.3) is 0 Å². The second kappa shape index (κ2) is 8.02. The summed E-state index contributed by atoms with van der Waals surface area (Å²) in [5.41, 5.74) is 1.63. The van der Waals surface area contributed by atoms with Crippen molar-refractivity contribution in [2.45, 2.75) is 43.7 Å². The van der Waals surface area contributed by atoms with Gasteiger partial charge >= 0.3 is 0 Å². The summed E-state index contributed by atoms with van der Waals surface area (Å²) < 4.78 is 0. The average molecular weight is 321 g/mol. The van der Waals surface area contributed by atoms with Crippen molar-refractivity contribution in [3.8, 4) is 0 Å². The van der Waals surface area contributed by atoms with Gasteiger partial charge in [0.2, 0.25) is 5.91 Å². The Balaban J connectivity index is 1.96. The lowest BCUT2D eigenvalue weighted by Gasteiger charge is -2.45. The lowest BCUT2D eigenvalue weighted by molar-refractivity contribution is -0.119. The predicted molar refractivity (Wildman–Crippen MR) is 95.3 cm³/mol. The van der Waals surface area contributed by atoms with Gasteiger partial charge in [-0.2, -0.15) is 11.8 Å². The maximum atomic E-state index is 11.8. The molecule has 0 saturated heterocycles. The van der Waals surface area contributed by atoms with Crippen LogP contribution in [-0.2, 0) is 11.2 Å². The van der Waals surface area contributed by atoms with Gasteiger partial charge in [0.15, 0.2) is 0 Å². The Hall–Kier alpha value is -1.00. The predicted octanol–water partition coefficient (Wildman–Crippen LogP) is 2.95. The molecule has 2 rings (SSSR count). The Morgan fingerprint density at radius 2 is 1.91 bits per heavy atom. The third-order valence-electron chi connectivity index (χ3n) is 4.88. The Labute approximate surface area is 138 Å². The molecule has 0 aliphatic heterocycles. The third kappa shape index (κ3) is 4.50. The van der Waals surface area contributed by atoms with Crippen molar-refractivity contribution in [2.24, 2.45) is 0 Å². The zero-order chi connectivity index (χ0) is 16.0. The van der Waals surface area contributed by atoms with E-state index in [-0.39, 0.29) is 11.4 Å². The molecule has 4 heteroatoms. The summed E-state index contributed by atoms with van der Waals surface area (Å²) in [6, 6.07) is 11.1. The first kappa shape index (κ1) is 17.4. The Morgan fingerprint density at radius 1 is 1.27 bits per heavy atom. The molecule has 0 atom stereocenters. The maximum Gasteiger partial charge on any atom is 0.230 e. The van der Waals surface area contributed by atoms with E-state index in [0.717, 1.165) is 32.1 Å². The van der Waals surface area contributed by atoms with Gasteiger partial charge in [0, 0.05) is 11.6 Å². The minimum Gasteiger partial charge on any atom is -0.353 e. The number of hydrogen-bond acceptors (Lipinski definition) is 3. The van der Waals surface area contributed by atoms with Crippen LogP contribution in [0.1, 0.15) is 31.2 Å². The zero-order valence-corrected chi connectivity index (χ0v) is 14.8. The topological polar surface area (TPSA) is 32.3 Å². The molecule has 1 aromatic carbocycles. The van der Waals surface area contributed by atoms with Crippen LogP contribution in [0.3, 0.4) is 0 Å². The molecule has 1 fully saturated rings. The van der Waals surface area contributed by atoms with Crippen LogP contribution in [0.5, 0.6) is 0 Å². The van der Waals surface area contributed by atoms with Crippen molar-refractivity contribution < 1.29 is 4.79 Å². The van der Waals surface area contributed by atoms with Crippen molar-refractivity contribution in [3.05, 3.63) is 35.9 Å². The summed E-state index contributed by atoms with van der Waals surface area (Å²) in [4.78, 5) is 14.1. The standard InChI is InChI=1S/C18H28N2OS/c1-20(2)18(13-15-7-5-4-6-8-15)11-9-16(10-12-18)19-17(21)14-22-3/h4-8,16H,9-14H2,1-3H3,(H,19,21). The van der Waals surface area contributed by atoms with Gasteiger partial charge in [-0.15, -0.1) is 0 Å². The van der Waals surface area contributed by atoms with Crippen molar-refractivity contribution in [2.75, 3.05) is 26.1 Å². The van der Waals surface area contributed by atoms with Gasteiger partial charge in [-0.05, 0) is 58.0 Å². The Kier molecular flexibility index (Phi) is 6.33. The summed E-state index contributed by atoms with van der Waals surface area (Å²) >= 11 is 1.58. The van der Waals surface area contributed by atoms with E-state index in [1.165, 1.54) is 5.56 Å². The number of rotatable bonds is 6. The highest BCUT2D eigenvalue weighted by Crippen LogP contribution is 2.35. The van der Waals surface area contributed by atoms with E-state index in [4.69, 9.17) is 0 Å². The molecule has 1 saturated carbocycles. The number of carbonyl (C=O) groups is 1. The summed E-state index contributed by atoms with van der Waals surface area (Å²) in [7, 11) is 4.38. The van der Waals surface area contributed by atoms with Gasteiger partial charge in [0.25, 0.3) is 0 Å². The fraction of sp³-hybridized carbons (Fsp3) is 0.611. The van der Waals surface area contributed by atoms with Gasteiger partial charge in [-0.25, -0.2) is 0 Å². The minimum absolute atomic E-state index is 0.179. The number of carbonyl (C=O) groups excluding carboxylic acids is 1. The van der Waals surface area contributed by atoms with Gasteiger partial charge in [0.1, 0.15) is 0 Å². The van der Waals surface area contributed by atoms with Crippen LogP contribution >= 0.6 is 11.8 Å². The first-order valence-electron chi connectivity index (χ1n) is 8.05. The lowest BCUT2D eigenvalue weighted by Crippen LogP contribution is -2.52. The van der Waals surface area contributed by atoms with E-state index in [9.17, 15) is 4.79 Å². The molecular weight excluding hydrogens is 292 g/mol. The Morgan fingerprint density at radius 3 is 2.45 bits per heavy atom. The van der Waals surface area contributed by atoms with E-state index >= 15 is 0 Å². The van der Waals surface area contributed by atoms with Crippen molar-refractivity contribution in [1.29, 1.82) is 0 Å². The van der Waals surface area contributed by atoms with Crippen molar-refractivity contribution in [3.63, 3.8) is 0 Å². The molecule has 0 bridgehead atoms. The molecule has 0 unspecified atom stereocenters. The van der Waals surface area contributed by atoms with E-state index in [0.29, 0.717) is 11.8 Å². The molecule has 0 heterocycles. The van der Waals surface area contributed by atoms with Crippen LogP contribution in [0.15, 0.2) is 30.3 Å². The first-order valence-corrected chi connectivity index (χ1v) is 9.45. The molecule has 0 aromatic heterocycles. The smallest absolute Gasteiger partial charge is 0.230 e. The van der Waals surface area contributed by atoms with E-state index in [1.54, 1.807) is 11.8 Å². The summed E-state index contributed by atoms with van der Waals surface area (Å²) in [5, 5.41) is 3.18. The molecule has 22 heavy (non-hydrogen) atoms. The van der Waals surface area contributed by atoms with Gasteiger partial charge < -0.3 is 10.2 Å². The number of likely N-dealkylation sites (N-methyl/N-ethyl adjacent to an activating group) is 1. The largest absolute Gasteiger partial charge is 0.353 e. The van der Waals surface area contributed by atoms with Crippen LogP contribution in [0.4, 0.5) is 0 Å². The van der Waals surface area contributed by atoms with Crippen LogP contribution in [0, 0.1) is 0 Å². The van der Waals surface area contributed by atoms with E-state index in [1.807, 2.05) is 6.26 Å². The summed E-state index contributed by atoms with van der Waals surface area (Å²) in [6.07, 6.45) is 7.48. The van der Waals surface area contributed by atoms with Crippen molar-refractivity contribution >= 4 is 17.7 Å². The molecule has 1 aliphatic carbocycles. The zero-order valence-electron chi connectivity index (χ0n) is 14.0. The maximum absolute atomic E-state index is 11.8. The summed E-state index contributed by atoms with van der Waals surface area (Å²) in [6.45, 7) is 0. The fourth-order valence-electron chi connectivity index (χ4n) is 3.46. The second-order valence-electron chi connectivity index (χ2n) is 6.56. The number of nitrogens with zero attached hydrogens (tertiary/aromatic N) is 1. The Bertz CT molecular complexity index is 467. The first-order chi connectivity index (χ1) is 10.6. The van der Waals surface area contributed by atoms with Crippen LogP contribution in [0.2, 0.25) is 0 Å². The molecule has 1 N–H and O–H groups in total. The number of hydrogen-bond donors (Lipinski definition) is 1. The number of benzene rings is 1. The normalized spacial score (nSPS) is 25.2. The van der Waals surface area contributed by atoms with Gasteiger partial charge in [0.05, 0.1) is 5.75 Å². The molecule has 1 amide bonds. The highest BCUT2D eigenvalue weighted by molar-refractivity contribution is 7.99. The van der Waals surface area contributed by atoms with E-state index in [2.05, 4.69) is 54.6 Å². The van der Waals surface area contributed by atoms with E-state index < -0.39 is 0 Å². The molecule has 0 radical (unpaired) electrons. The summed E-state index contributed by atoms with van der Waals surface area (Å²) in [5.74, 6) is 0.747. The molecular formula is C18H28N2OS. The van der Waals surface area contributed by atoms with Crippen LogP contribution < -0.4 is 5.32 Å². The minimum atomic E-state index is 0.179. The number of nitrogens with one attached hydrogen (secondary N) is 1. The van der Waals surface area contributed by atoms with Gasteiger partial charge in [-0.3, -0.25) is 4.79 Å². The molecule has 3 nitrogen and oxygen atoms in total. The SMILES string of the molecule is CSCC(=O)NC1CCC(Cc2ccccc2)(N(C)C)CC1. The molecule has 1 aromatic rings. The lowest BCUT2D eigenvalue weighted by atomic mass is 9.75.